The van der Waals surface area contributed by atoms with E-state index in [1.807, 2.05) is 22.6 Å². The minimum atomic E-state index is -0.301. The predicted octanol–water partition coefficient (Wildman–Crippen LogP) is 6.06. The predicted molar refractivity (Wildman–Crippen MR) is 79.6 cm³/mol. The van der Waals surface area contributed by atoms with Gasteiger partial charge in [0, 0.05) is 14.2 Å². The molecule has 0 bridgehead atoms. The summed E-state index contributed by atoms with van der Waals surface area (Å²) < 4.78 is 14.0. The first-order chi connectivity index (χ1) is 7.99. The van der Waals surface area contributed by atoms with Gasteiger partial charge in [-0.15, -0.1) is 0 Å². The highest BCUT2D eigenvalue weighted by atomic mass is 127. The summed E-state index contributed by atoms with van der Waals surface area (Å²) in [7, 11) is 0. The Balaban J connectivity index is 2.64. The van der Waals surface area contributed by atoms with Crippen LogP contribution in [0.15, 0.2) is 30.3 Å². The summed E-state index contributed by atoms with van der Waals surface area (Å²) in [6.07, 6.45) is 0. The van der Waals surface area contributed by atoms with Gasteiger partial charge in [-0.1, -0.05) is 40.9 Å². The molecule has 0 aliphatic carbocycles. The summed E-state index contributed by atoms with van der Waals surface area (Å²) in [6.45, 7) is 0. The van der Waals surface area contributed by atoms with E-state index in [1.54, 1.807) is 24.3 Å². The monoisotopic (exact) mass is 400 g/mol. The molecule has 2 aromatic carbocycles. The van der Waals surface area contributed by atoms with E-state index in [2.05, 4.69) is 0 Å². The molecule has 0 aliphatic heterocycles. The quantitative estimate of drug-likeness (QED) is 0.510. The lowest BCUT2D eigenvalue weighted by Crippen LogP contribution is -1.86. The maximum absolute atomic E-state index is 13.5. The van der Waals surface area contributed by atoms with Gasteiger partial charge in [-0.05, 0) is 52.4 Å². The maximum Gasteiger partial charge on any atom is 0.137 e. The third-order valence-corrected chi connectivity index (χ3v) is 3.90. The van der Waals surface area contributed by atoms with Gasteiger partial charge < -0.3 is 0 Å². The van der Waals surface area contributed by atoms with Crippen LogP contribution in [0.3, 0.4) is 0 Å². The third-order valence-electron chi connectivity index (χ3n) is 2.22. The lowest BCUT2D eigenvalue weighted by Gasteiger charge is -2.08. The third kappa shape index (κ3) is 2.87. The fourth-order valence-corrected chi connectivity index (χ4v) is 2.84. The molecule has 0 aromatic heterocycles. The molecule has 0 aliphatic rings. The van der Waals surface area contributed by atoms with E-state index in [-0.39, 0.29) is 5.82 Å². The van der Waals surface area contributed by atoms with Crippen molar-refractivity contribution >= 4 is 57.4 Å². The second-order valence-corrected chi connectivity index (χ2v) is 5.79. The average molecular weight is 401 g/mol. The lowest BCUT2D eigenvalue weighted by molar-refractivity contribution is 0.621. The van der Waals surface area contributed by atoms with Crippen LogP contribution in [0.2, 0.25) is 15.1 Å². The fraction of sp³-hybridized carbons (Fsp3) is 0. The molecule has 0 unspecified atom stereocenters. The van der Waals surface area contributed by atoms with Crippen LogP contribution in [0.5, 0.6) is 0 Å². The van der Waals surface area contributed by atoms with E-state index in [1.165, 1.54) is 6.07 Å². The average Bonchev–Trinajstić information content (AvgIpc) is 2.21. The van der Waals surface area contributed by atoms with Gasteiger partial charge in [0.2, 0.25) is 0 Å². The number of hydrogen-bond donors (Lipinski definition) is 0. The van der Waals surface area contributed by atoms with E-state index in [0.717, 1.165) is 0 Å². The Morgan fingerprint density at radius 3 is 2.06 bits per heavy atom. The first-order valence-corrected chi connectivity index (χ1v) is 6.80. The molecule has 0 radical (unpaired) electrons. The summed E-state index contributed by atoms with van der Waals surface area (Å²) in [6, 6.07) is 8.02. The Hall–Kier alpha value is -0.0300. The number of rotatable bonds is 1. The van der Waals surface area contributed by atoms with Gasteiger partial charge in [0.15, 0.2) is 0 Å². The van der Waals surface area contributed by atoms with Gasteiger partial charge in [-0.2, -0.15) is 0 Å². The van der Waals surface area contributed by atoms with Crippen molar-refractivity contribution in [3.8, 4) is 11.1 Å². The molecule has 0 heterocycles. The second kappa shape index (κ2) is 5.31. The van der Waals surface area contributed by atoms with Gasteiger partial charge in [0.05, 0.1) is 10.0 Å². The van der Waals surface area contributed by atoms with Crippen molar-refractivity contribution in [2.75, 3.05) is 0 Å². The molecule has 2 rings (SSSR count). The van der Waals surface area contributed by atoms with Gasteiger partial charge in [-0.3, -0.25) is 0 Å². The first kappa shape index (κ1) is 13.4. The minimum Gasteiger partial charge on any atom is -0.206 e. The summed E-state index contributed by atoms with van der Waals surface area (Å²) in [5.74, 6) is -0.301. The van der Waals surface area contributed by atoms with E-state index >= 15 is 0 Å². The van der Waals surface area contributed by atoms with Crippen molar-refractivity contribution in [2.24, 2.45) is 0 Å². The molecule has 0 amide bonds. The van der Waals surface area contributed by atoms with E-state index in [0.29, 0.717) is 29.8 Å². The Bertz CT molecular complexity index is 561. The zero-order valence-electron chi connectivity index (χ0n) is 8.28. The molecule has 0 atom stereocenters. The lowest BCUT2D eigenvalue weighted by atomic mass is 10.1. The van der Waals surface area contributed by atoms with Crippen molar-refractivity contribution in [3.63, 3.8) is 0 Å². The zero-order valence-corrected chi connectivity index (χ0v) is 12.7. The molecule has 0 fully saturated rings. The summed E-state index contributed by atoms with van der Waals surface area (Å²) in [4.78, 5) is 0. The second-order valence-electron chi connectivity index (χ2n) is 3.37. The Morgan fingerprint density at radius 1 is 0.941 bits per heavy atom. The first-order valence-electron chi connectivity index (χ1n) is 4.59. The largest absolute Gasteiger partial charge is 0.206 e. The zero-order chi connectivity index (χ0) is 12.6. The Labute approximate surface area is 127 Å². The molecule has 0 saturated heterocycles. The maximum atomic E-state index is 13.5. The fourth-order valence-electron chi connectivity index (χ4n) is 1.47. The molecule has 0 saturated carbocycles. The highest BCUT2D eigenvalue weighted by Gasteiger charge is 2.11. The van der Waals surface area contributed by atoms with Gasteiger partial charge in [0.25, 0.3) is 0 Å². The highest BCUT2D eigenvalue weighted by molar-refractivity contribution is 14.1. The Morgan fingerprint density at radius 2 is 1.53 bits per heavy atom. The van der Waals surface area contributed by atoms with Crippen molar-refractivity contribution in [2.45, 2.75) is 0 Å². The van der Waals surface area contributed by atoms with Crippen LogP contribution in [-0.4, -0.2) is 0 Å². The smallest absolute Gasteiger partial charge is 0.137 e. The van der Waals surface area contributed by atoms with Crippen LogP contribution in [0.25, 0.3) is 11.1 Å². The molecule has 0 nitrogen and oxygen atoms in total. The van der Waals surface area contributed by atoms with E-state index in [4.69, 9.17) is 34.8 Å². The molecular formula is C12H5Cl3FI. The normalized spacial score (nSPS) is 10.6. The van der Waals surface area contributed by atoms with E-state index in [9.17, 15) is 4.39 Å². The molecule has 0 spiro atoms. The van der Waals surface area contributed by atoms with Crippen molar-refractivity contribution < 1.29 is 4.39 Å². The van der Waals surface area contributed by atoms with E-state index < -0.39 is 0 Å². The van der Waals surface area contributed by atoms with Crippen LogP contribution in [-0.2, 0) is 0 Å². The molecule has 0 N–H and O–H groups in total. The molecular weight excluding hydrogens is 396 g/mol. The number of halogens is 5. The number of hydrogen-bond acceptors (Lipinski definition) is 0. The minimum absolute atomic E-state index is 0.301. The summed E-state index contributed by atoms with van der Waals surface area (Å²) in [5.41, 5.74) is 1.22. The number of benzene rings is 2. The van der Waals surface area contributed by atoms with Crippen LogP contribution >= 0.6 is 57.4 Å². The SMILES string of the molecule is Fc1cc(-c2c(Cl)cc(Cl)cc2Cl)ccc1I. The standard InChI is InChI=1S/C12H5Cl3FI/c13-7-4-8(14)12(9(15)5-7)6-1-2-11(17)10(16)3-6/h1-5H. The molecule has 17 heavy (non-hydrogen) atoms. The van der Waals surface area contributed by atoms with Crippen molar-refractivity contribution in [1.82, 2.24) is 0 Å². The van der Waals surface area contributed by atoms with Gasteiger partial charge in [0.1, 0.15) is 5.82 Å². The van der Waals surface area contributed by atoms with Crippen LogP contribution in [0.4, 0.5) is 4.39 Å². The highest BCUT2D eigenvalue weighted by Crippen LogP contribution is 2.37. The van der Waals surface area contributed by atoms with Crippen molar-refractivity contribution in [3.05, 3.63) is 54.8 Å². The summed E-state index contributed by atoms with van der Waals surface area (Å²) in [5, 5.41) is 1.26. The topological polar surface area (TPSA) is 0 Å². The Kier molecular flexibility index (Phi) is 4.18. The van der Waals surface area contributed by atoms with Gasteiger partial charge in [-0.25, -0.2) is 4.39 Å². The summed E-state index contributed by atoms with van der Waals surface area (Å²) >= 11 is 19.9. The van der Waals surface area contributed by atoms with Crippen molar-refractivity contribution in [1.29, 1.82) is 0 Å². The van der Waals surface area contributed by atoms with Crippen LogP contribution in [0, 0.1) is 9.39 Å². The molecule has 88 valence electrons. The molecule has 2 aromatic rings. The van der Waals surface area contributed by atoms with Gasteiger partial charge >= 0.3 is 0 Å². The van der Waals surface area contributed by atoms with Crippen LogP contribution in [0.1, 0.15) is 0 Å². The molecule has 5 heteroatoms. The van der Waals surface area contributed by atoms with Crippen LogP contribution < -0.4 is 0 Å².